The van der Waals surface area contributed by atoms with Crippen molar-refractivity contribution >= 4 is 27.0 Å². The largest absolute Gasteiger partial charge is 0.292 e. The molecule has 0 saturated carbocycles. The molecule has 0 aliphatic carbocycles. The Bertz CT molecular complexity index is 693. The standard InChI is InChI=1S/C15H16O3S2/c1-11-6-12(2)8-13(7-11)9-20(17,18)10-14(16)15-4-3-5-19-15/h3-8H,9-10H2,1-2H3. The first kappa shape index (κ1) is 14.9. The zero-order valence-corrected chi connectivity index (χ0v) is 13.1. The van der Waals surface area contributed by atoms with Crippen LogP contribution in [-0.4, -0.2) is 20.0 Å². The SMILES string of the molecule is Cc1cc(C)cc(CS(=O)(=O)CC(=O)c2cccs2)c1. The number of hydrogen-bond acceptors (Lipinski definition) is 4. The van der Waals surface area contributed by atoms with Gasteiger partial charge in [0.1, 0.15) is 5.75 Å². The van der Waals surface area contributed by atoms with Gasteiger partial charge in [0, 0.05) is 0 Å². The van der Waals surface area contributed by atoms with Crippen LogP contribution in [0.5, 0.6) is 0 Å². The fourth-order valence-electron chi connectivity index (χ4n) is 2.17. The number of ketones is 1. The third-order valence-corrected chi connectivity index (χ3v) is 5.20. The van der Waals surface area contributed by atoms with Crippen LogP contribution in [0.15, 0.2) is 35.7 Å². The van der Waals surface area contributed by atoms with Crippen LogP contribution in [0.4, 0.5) is 0 Å². The average Bonchev–Trinajstić information content (AvgIpc) is 2.78. The molecule has 0 aliphatic rings. The van der Waals surface area contributed by atoms with Gasteiger partial charge in [-0.15, -0.1) is 11.3 Å². The Morgan fingerprint density at radius 3 is 2.35 bits per heavy atom. The molecule has 0 fully saturated rings. The van der Waals surface area contributed by atoms with Crippen LogP contribution in [0, 0.1) is 13.8 Å². The fourth-order valence-corrected chi connectivity index (χ4v) is 4.25. The number of carbonyl (C=O) groups is 1. The van der Waals surface area contributed by atoms with Gasteiger partial charge in [0.2, 0.25) is 0 Å². The van der Waals surface area contributed by atoms with Crippen molar-refractivity contribution < 1.29 is 13.2 Å². The molecule has 1 aromatic heterocycles. The summed E-state index contributed by atoms with van der Waals surface area (Å²) >= 11 is 1.27. The van der Waals surface area contributed by atoms with Crippen LogP contribution in [0.3, 0.4) is 0 Å². The van der Waals surface area contributed by atoms with Gasteiger partial charge in [-0.3, -0.25) is 4.79 Å². The van der Waals surface area contributed by atoms with Crippen molar-refractivity contribution in [2.24, 2.45) is 0 Å². The van der Waals surface area contributed by atoms with Gasteiger partial charge < -0.3 is 0 Å². The highest BCUT2D eigenvalue weighted by molar-refractivity contribution is 7.91. The molecule has 0 amide bonds. The molecule has 3 nitrogen and oxygen atoms in total. The van der Waals surface area contributed by atoms with Crippen molar-refractivity contribution in [2.45, 2.75) is 19.6 Å². The van der Waals surface area contributed by atoms with Crippen molar-refractivity contribution in [1.29, 1.82) is 0 Å². The maximum atomic E-state index is 12.1. The minimum Gasteiger partial charge on any atom is -0.292 e. The molecule has 0 unspecified atom stereocenters. The molecule has 106 valence electrons. The minimum atomic E-state index is -3.44. The van der Waals surface area contributed by atoms with Crippen molar-refractivity contribution in [3.63, 3.8) is 0 Å². The molecule has 2 aromatic rings. The molecule has 1 aromatic carbocycles. The van der Waals surface area contributed by atoms with Crippen LogP contribution in [-0.2, 0) is 15.6 Å². The van der Waals surface area contributed by atoms with Crippen LogP contribution in [0.1, 0.15) is 26.4 Å². The maximum Gasteiger partial charge on any atom is 0.187 e. The molecule has 0 spiro atoms. The van der Waals surface area contributed by atoms with Gasteiger partial charge >= 0.3 is 0 Å². The zero-order valence-electron chi connectivity index (χ0n) is 11.4. The van der Waals surface area contributed by atoms with Gasteiger partial charge in [-0.25, -0.2) is 8.42 Å². The maximum absolute atomic E-state index is 12.1. The van der Waals surface area contributed by atoms with E-state index in [1.165, 1.54) is 11.3 Å². The highest BCUT2D eigenvalue weighted by Gasteiger charge is 2.19. The van der Waals surface area contributed by atoms with Crippen LogP contribution in [0.2, 0.25) is 0 Å². The molecule has 1 heterocycles. The Morgan fingerprint density at radius 1 is 1.15 bits per heavy atom. The first-order chi connectivity index (χ1) is 9.35. The number of thiophene rings is 1. The summed E-state index contributed by atoms with van der Waals surface area (Å²) in [4.78, 5) is 12.4. The van der Waals surface area contributed by atoms with Gasteiger partial charge in [0.25, 0.3) is 0 Å². The number of Topliss-reactive ketones (excluding diaryl/α,β-unsaturated/α-hetero) is 1. The number of hydrogen-bond donors (Lipinski definition) is 0. The normalized spacial score (nSPS) is 11.5. The summed E-state index contributed by atoms with van der Waals surface area (Å²) in [6.45, 7) is 3.86. The van der Waals surface area contributed by atoms with E-state index in [0.717, 1.165) is 16.7 Å². The molecule has 0 radical (unpaired) electrons. The summed E-state index contributed by atoms with van der Waals surface area (Å²) < 4.78 is 24.2. The highest BCUT2D eigenvalue weighted by Crippen LogP contribution is 2.15. The van der Waals surface area contributed by atoms with E-state index < -0.39 is 15.6 Å². The van der Waals surface area contributed by atoms with E-state index in [1.807, 2.05) is 32.0 Å². The molecule has 20 heavy (non-hydrogen) atoms. The van der Waals surface area contributed by atoms with Crippen LogP contribution < -0.4 is 0 Å². The summed E-state index contributed by atoms with van der Waals surface area (Å²) in [5.41, 5.74) is 2.79. The summed E-state index contributed by atoms with van der Waals surface area (Å²) in [6.07, 6.45) is 0. The second-order valence-electron chi connectivity index (χ2n) is 4.93. The lowest BCUT2D eigenvalue weighted by molar-refractivity contribution is 0.102. The molecule has 0 aliphatic heterocycles. The molecule has 5 heteroatoms. The molecular formula is C15H16O3S2. The van der Waals surface area contributed by atoms with Crippen molar-refractivity contribution in [2.75, 3.05) is 5.75 Å². The minimum absolute atomic E-state index is 0.0906. The monoisotopic (exact) mass is 308 g/mol. The molecule has 0 N–H and O–H groups in total. The Hall–Kier alpha value is -1.46. The van der Waals surface area contributed by atoms with Gasteiger partial charge in [-0.2, -0.15) is 0 Å². The van der Waals surface area contributed by atoms with E-state index in [0.29, 0.717) is 4.88 Å². The summed E-state index contributed by atoms with van der Waals surface area (Å²) in [7, 11) is -3.44. The van der Waals surface area contributed by atoms with Gasteiger partial charge in [-0.05, 0) is 30.9 Å². The average molecular weight is 308 g/mol. The number of carbonyl (C=O) groups excluding carboxylic acids is 1. The van der Waals surface area contributed by atoms with E-state index in [-0.39, 0.29) is 11.5 Å². The van der Waals surface area contributed by atoms with Gasteiger partial charge in [0.05, 0.1) is 10.6 Å². The zero-order chi connectivity index (χ0) is 14.8. The quantitative estimate of drug-likeness (QED) is 0.797. The summed E-state index contributed by atoms with van der Waals surface area (Å²) in [5.74, 6) is -0.850. The van der Waals surface area contributed by atoms with Crippen LogP contribution >= 0.6 is 11.3 Å². The lowest BCUT2D eigenvalue weighted by atomic mass is 10.1. The Kier molecular flexibility index (Phi) is 4.40. The Labute approximate surface area is 123 Å². The predicted octanol–water partition coefficient (Wildman–Crippen LogP) is 3.16. The lowest BCUT2D eigenvalue weighted by Gasteiger charge is -2.06. The fraction of sp³-hybridized carbons (Fsp3) is 0.267. The number of benzene rings is 1. The smallest absolute Gasteiger partial charge is 0.187 e. The summed E-state index contributed by atoms with van der Waals surface area (Å²) in [6, 6.07) is 9.08. The van der Waals surface area contributed by atoms with E-state index in [1.54, 1.807) is 17.5 Å². The second kappa shape index (κ2) is 5.89. The van der Waals surface area contributed by atoms with E-state index in [2.05, 4.69) is 0 Å². The Morgan fingerprint density at radius 2 is 1.80 bits per heavy atom. The molecule has 2 rings (SSSR count). The van der Waals surface area contributed by atoms with Crippen molar-refractivity contribution in [3.8, 4) is 0 Å². The van der Waals surface area contributed by atoms with E-state index in [9.17, 15) is 13.2 Å². The molecule has 0 saturated heterocycles. The first-order valence-corrected chi connectivity index (χ1v) is 8.90. The van der Waals surface area contributed by atoms with Gasteiger partial charge in [-0.1, -0.05) is 35.4 Å². The molecular weight excluding hydrogens is 292 g/mol. The molecule has 0 bridgehead atoms. The van der Waals surface area contributed by atoms with Crippen molar-refractivity contribution in [3.05, 3.63) is 57.3 Å². The predicted molar refractivity (Wildman–Crippen MR) is 82.1 cm³/mol. The molecule has 0 atom stereocenters. The lowest BCUT2D eigenvalue weighted by Crippen LogP contribution is -2.17. The number of rotatable bonds is 5. The number of sulfone groups is 1. The third kappa shape index (κ3) is 4.02. The van der Waals surface area contributed by atoms with E-state index in [4.69, 9.17) is 0 Å². The van der Waals surface area contributed by atoms with E-state index >= 15 is 0 Å². The number of aryl methyl sites for hydroxylation is 2. The third-order valence-electron chi connectivity index (χ3n) is 2.82. The first-order valence-electron chi connectivity index (χ1n) is 6.20. The summed E-state index contributed by atoms with van der Waals surface area (Å²) in [5, 5.41) is 1.77. The second-order valence-corrected chi connectivity index (χ2v) is 7.94. The van der Waals surface area contributed by atoms with Crippen LogP contribution in [0.25, 0.3) is 0 Å². The Balaban J connectivity index is 2.13. The van der Waals surface area contributed by atoms with Crippen molar-refractivity contribution in [1.82, 2.24) is 0 Å². The highest BCUT2D eigenvalue weighted by atomic mass is 32.2. The van der Waals surface area contributed by atoms with Gasteiger partial charge in [0.15, 0.2) is 15.6 Å². The topological polar surface area (TPSA) is 51.2 Å².